The monoisotopic (exact) mass is 368 g/mol. The van der Waals surface area contributed by atoms with E-state index in [1.165, 1.54) is 6.26 Å². The summed E-state index contributed by atoms with van der Waals surface area (Å²) in [5.74, 6) is 0. The molecule has 0 saturated heterocycles. The van der Waals surface area contributed by atoms with Crippen LogP contribution in [0.5, 0.6) is 0 Å². The minimum Gasteiger partial charge on any atom is -0.291 e. The molecule has 2 aromatic rings. The molecule has 130 valence electrons. The highest BCUT2D eigenvalue weighted by atomic mass is 35.5. The van der Waals surface area contributed by atoms with Crippen molar-refractivity contribution >= 4 is 21.6 Å². The average molecular weight is 369 g/mol. The summed E-state index contributed by atoms with van der Waals surface area (Å²) in [6.07, 6.45) is 3.67. The molecule has 24 heavy (non-hydrogen) atoms. The second-order valence-electron chi connectivity index (χ2n) is 6.14. The number of hydrogen-bond donors (Lipinski definition) is 1. The van der Waals surface area contributed by atoms with E-state index < -0.39 is 10.0 Å². The molecule has 0 aliphatic carbocycles. The molecule has 1 aliphatic heterocycles. The van der Waals surface area contributed by atoms with E-state index in [0.717, 1.165) is 35.9 Å². The zero-order valence-electron chi connectivity index (χ0n) is 13.5. The van der Waals surface area contributed by atoms with Gasteiger partial charge < -0.3 is 0 Å². The average Bonchev–Trinajstić information content (AvgIpc) is 2.97. The fourth-order valence-corrected chi connectivity index (χ4v) is 3.76. The van der Waals surface area contributed by atoms with Crippen LogP contribution in [0.25, 0.3) is 0 Å². The van der Waals surface area contributed by atoms with Crippen molar-refractivity contribution in [2.24, 2.45) is 0 Å². The molecular formula is C16H21ClN4O2S. The van der Waals surface area contributed by atoms with Crippen molar-refractivity contribution in [2.75, 3.05) is 19.3 Å². The number of fused-ring (bicyclic) bond motifs is 1. The maximum Gasteiger partial charge on any atom is 0.208 e. The van der Waals surface area contributed by atoms with Gasteiger partial charge in [0.25, 0.3) is 0 Å². The van der Waals surface area contributed by atoms with Crippen LogP contribution in [0.1, 0.15) is 23.7 Å². The summed E-state index contributed by atoms with van der Waals surface area (Å²) in [4.78, 5) is 2.32. The van der Waals surface area contributed by atoms with Crippen LogP contribution in [0, 0.1) is 0 Å². The normalized spacial score (nSPS) is 18.5. The van der Waals surface area contributed by atoms with E-state index in [2.05, 4.69) is 14.7 Å². The molecule has 0 bridgehead atoms. The van der Waals surface area contributed by atoms with Gasteiger partial charge in [-0.15, -0.1) is 0 Å². The van der Waals surface area contributed by atoms with Crippen LogP contribution in [0.15, 0.2) is 36.5 Å². The fraction of sp³-hybridized carbons (Fsp3) is 0.438. The molecule has 1 aromatic carbocycles. The van der Waals surface area contributed by atoms with Crippen LogP contribution in [-0.2, 0) is 23.1 Å². The van der Waals surface area contributed by atoms with Crippen molar-refractivity contribution in [2.45, 2.75) is 25.6 Å². The first-order valence-electron chi connectivity index (χ1n) is 7.85. The number of benzene rings is 1. The van der Waals surface area contributed by atoms with Gasteiger partial charge in [-0.25, -0.2) is 13.1 Å². The van der Waals surface area contributed by atoms with E-state index >= 15 is 0 Å². The van der Waals surface area contributed by atoms with Crippen molar-refractivity contribution in [3.8, 4) is 0 Å². The molecule has 2 heterocycles. The number of halogens is 1. The van der Waals surface area contributed by atoms with Gasteiger partial charge in [-0.3, -0.25) is 9.58 Å². The predicted molar refractivity (Wildman–Crippen MR) is 94.3 cm³/mol. The summed E-state index contributed by atoms with van der Waals surface area (Å²) < 4.78 is 27.1. The van der Waals surface area contributed by atoms with Crippen molar-refractivity contribution in [3.05, 3.63) is 52.8 Å². The van der Waals surface area contributed by atoms with E-state index in [4.69, 9.17) is 11.6 Å². The number of nitrogens with zero attached hydrogens (tertiary/aromatic N) is 3. The summed E-state index contributed by atoms with van der Waals surface area (Å²) in [5.41, 5.74) is 2.23. The molecule has 1 atom stereocenters. The molecular weight excluding hydrogens is 348 g/mol. The zero-order chi connectivity index (χ0) is 17.2. The molecule has 1 aliphatic rings. The Balaban J connectivity index is 1.70. The smallest absolute Gasteiger partial charge is 0.208 e. The Bertz CT molecular complexity index is 806. The number of aromatic nitrogens is 2. The van der Waals surface area contributed by atoms with Crippen molar-refractivity contribution in [1.82, 2.24) is 19.4 Å². The molecule has 0 amide bonds. The van der Waals surface area contributed by atoms with Gasteiger partial charge in [-0.1, -0.05) is 29.8 Å². The maximum absolute atomic E-state index is 11.3. The van der Waals surface area contributed by atoms with Crippen LogP contribution < -0.4 is 4.72 Å². The van der Waals surface area contributed by atoms with Gasteiger partial charge in [0.1, 0.15) is 0 Å². The largest absolute Gasteiger partial charge is 0.291 e. The second-order valence-corrected chi connectivity index (χ2v) is 8.38. The Morgan fingerprint density at radius 3 is 2.88 bits per heavy atom. The van der Waals surface area contributed by atoms with Gasteiger partial charge >= 0.3 is 0 Å². The van der Waals surface area contributed by atoms with Crippen LogP contribution in [0.2, 0.25) is 5.02 Å². The predicted octanol–water partition coefficient (Wildman–Crippen LogP) is 2.03. The molecule has 3 rings (SSSR count). The zero-order valence-corrected chi connectivity index (χ0v) is 15.1. The molecule has 0 spiro atoms. The molecule has 1 N–H and O–H groups in total. The van der Waals surface area contributed by atoms with Gasteiger partial charge in [0.05, 0.1) is 18.0 Å². The summed E-state index contributed by atoms with van der Waals surface area (Å²) in [7, 11) is -3.17. The van der Waals surface area contributed by atoms with Crippen LogP contribution >= 0.6 is 11.6 Å². The van der Waals surface area contributed by atoms with Crippen molar-refractivity contribution in [3.63, 3.8) is 0 Å². The van der Waals surface area contributed by atoms with Crippen LogP contribution in [0.3, 0.4) is 0 Å². The first kappa shape index (κ1) is 17.4. The van der Waals surface area contributed by atoms with E-state index in [0.29, 0.717) is 13.0 Å². The van der Waals surface area contributed by atoms with Crippen LogP contribution in [0.4, 0.5) is 0 Å². The Kier molecular flexibility index (Phi) is 5.24. The number of rotatable bonds is 6. The second kappa shape index (κ2) is 7.23. The minimum atomic E-state index is -3.17. The molecule has 0 saturated carbocycles. The topological polar surface area (TPSA) is 67.2 Å². The molecule has 6 nitrogen and oxygen atoms in total. The van der Waals surface area contributed by atoms with E-state index in [1.807, 2.05) is 35.0 Å². The van der Waals surface area contributed by atoms with Crippen molar-refractivity contribution < 1.29 is 8.42 Å². The Morgan fingerprint density at radius 2 is 2.12 bits per heavy atom. The summed E-state index contributed by atoms with van der Waals surface area (Å²) in [6, 6.07) is 10.0. The SMILES string of the molecule is CS(=O)(=O)NCC[C@H]1CN(Cc2ccccc2Cl)Cc2ccnn21. The third-order valence-electron chi connectivity index (χ3n) is 4.15. The highest BCUT2D eigenvalue weighted by molar-refractivity contribution is 7.88. The van der Waals surface area contributed by atoms with Gasteiger partial charge in [0, 0.05) is 37.4 Å². The molecule has 8 heteroatoms. The lowest BCUT2D eigenvalue weighted by atomic mass is 10.1. The highest BCUT2D eigenvalue weighted by Crippen LogP contribution is 2.25. The number of sulfonamides is 1. The first-order chi connectivity index (χ1) is 11.4. The van der Waals surface area contributed by atoms with E-state index in [9.17, 15) is 8.42 Å². The van der Waals surface area contributed by atoms with Gasteiger partial charge in [0.2, 0.25) is 10.0 Å². The lowest BCUT2D eigenvalue weighted by Crippen LogP contribution is -2.38. The van der Waals surface area contributed by atoms with Crippen LogP contribution in [-0.4, -0.2) is 42.4 Å². The summed E-state index contributed by atoms with van der Waals surface area (Å²) >= 11 is 6.27. The Hall–Kier alpha value is -1.41. The number of nitrogens with one attached hydrogen (secondary N) is 1. The van der Waals surface area contributed by atoms with Crippen molar-refractivity contribution in [1.29, 1.82) is 0 Å². The molecule has 0 unspecified atom stereocenters. The van der Waals surface area contributed by atoms with Gasteiger partial charge in [-0.2, -0.15) is 5.10 Å². The summed E-state index contributed by atoms with van der Waals surface area (Å²) in [5, 5.41) is 5.17. The quantitative estimate of drug-likeness (QED) is 0.847. The third kappa shape index (κ3) is 4.36. The van der Waals surface area contributed by atoms with Gasteiger partial charge in [0.15, 0.2) is 0 Å². The minimum absolute atomic E-state index is 0.139. The molecule has 0 radical (unpaired) electrons. The standard InChI is InChI=1S/C16H21ClN4O2S/c1-24(22,23)19-9-7-15-12-20(11-14-6-8-18-21(14)15)10-13-4-2-3-5-16(13)17/h2-6,8,15,19H,7,9-12H2,1H3/t15-/m0/s1. The molecule has 1 aromatic heterocycles. The van der Waals surface area contributed by atoms with E-state index in [1.54, 1.807) is 6.20 Å². The fourth-order valence-electron chi connectivity index (χ4n) is 3.08. The molecule has 0 fully saturated rings. The number of hydrogen-bond acceptors (Lipinski definition) is 4. The van der Waals surface area contributed by atoms with Gasteiger partial charge in [-0.05, 0) is 24.1 Å². The third-order valence-corrected chi connectivity index (χ3v) is 5.24. The van der Waals surface area contributed by atoms with E-state index in [-0.39, 0.29) is 6.04 Å². The first-order valence-corrected chi connectivity index (χ1v) is 10.1. The lowest BCUT2D eigenvalue weighted by Gasteiger charge is -2.34. The Morgan fingerprint density at radius 1 is 1.33 bits per heavy atom. The maximum atomic E-state index is 11.3. The lowest BCUT2D eigenvalue weighted by molar-refractivity contribution is 0.162. The Labute approximate surface area is 147 Å². The summed E-state index contributed by atoms with van der Waals surface area (Å²) in [6.45, 7) is 2.79. The highest BCUT2D eigenvalue weighted by Gasteiger charge is 2.25.